The Morgan fingerprint density at radius 1 is 0.500 bits per heavy atom. The van der Waals surface area contributed by atoms with Crippen molar-refractivity contribution in [3.63, 3.8) is 0 Å². The maximum atomic E-state index is 10.5. The monoisotopic (exact) mass is 642 g/mol. The summed E-state index contributed by atoms with van der Waals surface area (Å²) in [7, 11) is 0. The normalized spacial score (nSPS) is 17.9. The summed E-state index contributed by atoms with van der Waals surface area (Å²) in [5.74, 6) is 0. The smallest absolute Gasteiger partial charge is 0.320 e. The van der Waals surface area contributed by atoms with Crippen LogP contribution < -0.4 is 16.0 Å². The molecule has 0 fully saturated rings. The van der Waals surface area contributed by atoms with Gasteiger partial charge in [-0.1, -0.05) is 121 Å². The Labute approximate surface area is 289 Å². The number of hydrogen-bond acceptors (Lipinski definition) is 3. The number of hydrogen-bond donors (Lipinski definition) is 2. The Balaban J connectivity index is 1.41. The summed E-state index contributed by atoms with van der Waals surface area (Å²) in [6.07, 6.45) is 10.2. The summed E-state index contributed by atoms with van der Waals surface area (Å²) in [5, 5.41) is 5.65. The predicted molar refractivity (Wildman–Crippen MR) is 201 cm³/mol. The van der Waals surface area contributed by atoms with Crippen molar-refractivity contribution in [2.45, 2.75) is 6.04 Å². The van der Waals surface area contributed by atoms with Gasteiger partial charge in [-0.3, -0.25) is 0 Å². The molecule has 9 rings (SSSR count). The Hall–Kier alpha value is -6.88. The lowest BCUT2D eigenvalue weighted by Gasteiger charge is -2.19. The largest absolute Gasteiger partial charge is 0.367 e. The van der Waals surface area contributed by atoms with Crippen LogP contribution in [0.4, 0.5) is 0 Å². The SMILES string of the molecule is [N-]=[N+]=C1C=C2NC1C(c1ccccc1)=C1C=CC(=N1)C(c1ccccc1)=c1ccc([nH]1)=C(c1ccccc1)C1=NC(=C2c2ccccc2)C=C1. The lowest BCUT2D eigenvalue weighted by molar-refractivity contribution is -0.00611. The number of rotatable bonds is 4. The van der Waals surface area contributed by atoms with Gasteiger partial charge in [-0.05, 0) is 58.7 Å². The highest BCUT2D eigenvalue weighted by Crippen LogP contribution is 2.37. The van der Waals surface area contributed by atoms with Crippen molar-refractivity contribution >= 4 is 39.4 Å². The first kappa shape index (κ1) is 29.3. The van der Waals surface area contributed by atoms with Gasteiger partial charge in [0, 0.05) is 39.1 Å². The lowest BCUT2D eigenvalue weighted by atomic mass is 9.94. The number of H-pyrrole nitrogens is 1. The second kappa shape index (κ2) is 12.3. The molecule has 0 saturated heterocycles. The Morgan fingerprint density at radius 3 is 1.48 bits per heavy atom. The van der Waals surface area contributed by atoms with Gasteiger partial charge in [-0.25, -0.2) is 9.98 Å². The van der Waals surface area contributed by atoms with Gasteiger partial charge >= 0.3 is 5.71 Å². The van der Waals surface area contributed by atoms with E-state index in [-0.39, 0.29) is 0 Å². The molecule has 50 heavy (non-hydrogen) atoms. The van der Waals surface area contributed by atoms with E-state index < -0.39 is 6.04 Å². The minimum absolute atomic E-state index is 0.482. The van der Waals surface area contributed by atoms with Crippen molar-refractivity contribution in [3.8, 4) is 0 Å². The highest BCUT2D eigenvalue weighted by Gasteiger charge is 2.37. The zero-order valence-electron chi connectivity index (χ0n) is 27.0. The molecule has 0 spiro atoms. The molecule has 0 amide bonds. The molecular formula is C44H30N6. The molecule has 4 aliphatic rings. The molecule has 4 aromatic carbocycles. The van der Waals surface area contributed by atoms with Crippen molar-refractivity contribution in [2.75, 3.05) is 0 Å². The minimum atomic E-state index is -0.482. The topological polar surface area (TPSA) is 88.9 Å². The number of aromatic nitrogens is 1. The average Bonchev–Trinajstić information content (AvgIpc) is 4.00. The van der Waals surface area contributed by atoms with E-state index in [1.54, 1.807) is 0 Å². The van der Waals surface area contributed by atoms with Gasteiger partial charge in [-0.2, -0.15) is 4.79 Å². The van der Waals surface area contributed by atoms with E-state index in [9.17, 15) is 5.53 Å². The van der Waals surface area contributed by atoms with Crippen LogP contribution in [0.2, 0.25) is 0 Å². The quantitative estimate of drug-likeness (QED) is 0.164. The van der Waals surface area contributed by atoms with Crippen LogP contribution in [0.3, 0.4) is 0 Å². The maximum Gasteiger partial charge on any atom is 0.320 e. The molecule has 5 heterocycles. The van der Waals surface area contributed by atoms with Gasteiger partial charge in [-0.15, -0.1) is 0 Å². The third-order valence-corrected chi connectivity index (χ3v) is 9.38. The van der Waals surface area contributed by atoms with E-state index in [2.05, 4.69) is 112 Å². The number of allylic oxidation sites excluding steroid dienone is 5. The molecule has 5 aromatic rings. The number of benzene rings is 4. The highest BCUT2D eigenvalue weighted by atomic mass is 15.0. The number of fused-ring (bicyclic) bond motifs is 6. The van der Waals surface area contributed by atoms with Crippen LogP contribution in [0.25, 0.3) is 27.8 Å². The van der Waals surface area contributed by atoms with Gasteiger partial charge in [0.25, 0.3) is 0 Å². The van der Waals surface area contributed by atoms with Gasteiger partial charge in [0.15, 0.2) is 6.04 Å². The van der Waals surface area contributed by atoms with Crippen LogP contribution in [-0.2, 0) is 0 Å². The second-order valence-electron chi connectivity index (χ2n) is 12.4. The Kier molecular flexibility index (Phi) is 7.20. The number of aromatic amines is 1. The third-order valence-electron chi connectivity index (χ3n) is 9.38. The van der Waals surface area contributed by atoms with E-state index in [1.165, 1.54) is 0 Å². The van der Waals surface area contributed by atoms with Crippen LogP contribution in [0.1, 0.15) is 22.3 Å². The van der Waals surface area contributed by atoms with Crippen LogP contribution in [0.5, 0.6) is 0 Å². The van der Waals surface area contributed by atoms with Crippen molar-refractivity contribution in [3.05, 3.63) is 219 Å². The molecular weight excluding hydrogens is 613 g/mol. The predicted octanol–water partition coefficient (Wildman–Crippen LogP) is 6.80. The molecule has 4 aliphatic heterocycles. The molecule has 0 aliphatic carbocycles. The van der Waals surface area contributed by atoms with Crippen LogP contribution in [-0.4, -0.2) is 33.0 Å². The molecule has 236 valence electrons. The Morgan fingerprint density at radius 2 is 0.960 bits per heavy atom. The summed E-state index contributed by atoms with van der Waals surface area (Å²) >= 11 is 0. The van der Waals surface area contributed by atoms with E-state index in [4.69, 9.17) is 9.98 Å². The van der Waals surface area contributed by atoms with Crippen molar-refractivity contribution in [1.82, 2.24) is 10.3 Å². The summed E-state index contributed by atoms with van der Waals surface area (Å²) < 4.78 is 0. The van der Waals surface area contributed by atoms with E-state index in [0.29, 0.717) is 5.71 Å². The Bertz CT molecular complexity index is 2570. The molecule has 6 nitrogen and oxygen atoms in total. The number of nitrogens with zero attached hydrogens (tertiary/aromatic N) is 4. The van der Waals surface area contributed by atoms with Crippen LogP contribution in [0, 0.1) is 0 Å². The lowest BCUT2D eigenvalue weighted by Crippen LogP contribution is -2.32. The van der Waals surface area contributed by atoms with Crippen molar-refractivity contribution in [2.24, 2.45) is 9.98 Å². The highest BCUT2D eigenvalue weighted by molar-refractivity contribution is 6.32. The first-order valence-electron chi connectivity index (χ1n) is 16.6. The molecule has 1 unspecified atom stereocenters. The van der Waals surface area contributed by atoms with Crippen LogP contribution >= 0.6 is 0 Å². The molecule has 1 aromatic heterocycles. The van der Waals surface area contributed by atoms with Crippen molar-refractivity contribution < 1.29 is 4.79 Å². The fraction of sp³-hybridized carbons (Fsp3) is 0.0227. The van der Waals surface area contributed by atoms with Gasteiger partial charge in [0.1, 0.15) is 0 Å². The zero-order chi connectivity index (χ0) is 33.4. The second-order valence-corrected chi connectivity index (χ2v) is 12.4. The zero-order valence-corrected chi connectivity index (χ0v) is 27.0. The van der Waals surface area contributed by atoms with E-state index >= 15 is 0 Å². The van der Waals surface area contributed by atoms with E-state index in [0.717, 1.165) is 83.8 Å². The molecule has 2 N–H and O–H groups in total. The summed E-state index contributed by atoms with van der Waals surface area (Å²) in [6, 6.07) is 44.9. The number of nitrogens with one attached hydrogen (secondary N) is 2. The summed E-state index contributed by atoms with van der Waals surface area (Å²) in [5.41, 5.74) is 23.0. The minimum Gasteiger partial charge on any atom is -0.367 e. The summed E-state index contributed by atoms with van der Waals surface area (Å²) in [4.78, 5) is 18.3. The van der Waals surface area contributed by atoms with Gasteiger partial charge in [0.05, 0.1) is 28.5 Å². The first-order chi connectivity index (χ1) is 24.7. The van der Waals surface area contributed by atoms with E-state index in [1.807, 2.05) is 66.7 Å². The van der Waals surface area contributed by atoms with Crippen LogP contribution in [0.15, 0.2) is 191 Å². The molecule has 8 bridgehead atoms. The summed E-state index contributed by atoms with van der Waals surface area (Å²) in [6.45, 7) is 0. The molecule has 0 saturated carbocycles. The molecule has 1 atom stereocenters. The fourth-order valence-corrected chi connectivity index (χ4v) is 7.15. The molecule has 0 radical (unpaired) electrons. The molecule has 6 heteroatoms. The average molecular weight is 643 g/mol. The third kappa shape index (κ3) is 5.08. The van der Waals surface area contributed by atoms with Crippen molar-refractivity contribution in [1.29, 1.82) is 0 Å². The fourth-order valence-electron chi connectivity index (χ4n) is 7.15. The number of aliphatic imine (C=N–C) groups is 2. The van der Waals surface area contributed by atoms with Gasteiger partial charge < -0.3 is 15.8 Å². The first-order valence-corrected chi connectivity index (χ1v) is 16.6. The van der Waals surface area contributed by atoms with Gasteiger partial charge in [0.2, 0.25) is 0 Å². The maximum absolute atomic E-state index is 10.5. The standard InChI is InChI=1S/C44H30N6/c45-50-39-27-38-42(30-17-9-3-10-18-30)36-24-23-34(47-36)40(28-13-5-1-6-14-28)32-21-22-33(46-32)41(29-15-7-2-8-16-29)35-25-26-37(48-35)43(44(39)49-38)31-19-11-4-12-20-31/h1-27,44,46,49H.